The highest BCUT2D eigenvalue weighted by atomic mass is 16.5. The first-order valence-electron chi connectivity index (χ1n) is 6.14. The van der Waals surface area contributed by atoms with Crippen molar-refractivity contribution in [2.24, 2.45) is 5.73 Å². The molecule has 1 aromatic rings. The van der Waals surface area contributed by atoms with Crippen molar-refractivity contribution in [3.05, 3.63) is 24.3 Å². The maximum absolute atomic E-state index is 11.0. The van der Waals surface area contributed by atoms with E-state index in [0.717, 1.165) is 30.6 Å². The van der Waals surface area contributed by atoms with Crippen molar-refractivity contribution >= 4 is 17.5 Å². The van der Waals surface area contributed by atoms with Crippen LogP contribution in [0, 0.1) is 0 Å². The van der Waals surface area contributed by atoms with Crippen molar-refractivity contribution in [3.63, 3.8) is 0 Å². The molecule has 2 atom stereocenters. The molecule has 1 aliphatic carbocycles. The van der Waals surface area contributed by atoms with Crippen LogP contribution in [0.5, 0.6) is 0 Å². The monoisotopic (exact) mass is 249 g/mol. The van der Waals surface area contributed by atoms with E-state index in [-0.39, 0.29) is 0 Å². The number of methoxy groups -OCH3 is 1. The molecule has 0 bridgehead atoms. The van der Waals surface area contributed by atoms with Crippen molar-refractivity contribution < 1.29 is 9.53 Å². The summed E-state index contributed by atoms with van der Waals surface area (Å²) in [4.78, 5) is 11.0. The Morgan fingerprint density at radius 2 is 1.94 bits per heavy atom. The second-order valence-electron chi connectivity index (χ2n) is 4.61. The van der Waals surface area contributed by atoms with Gasteiger partial charge in [0.05, 0.1) is 7.11 Å². The Labute approximate surface area is 107 Å². The van der Waals surface area contributed by atoms with Crippen molar-refractivity contribution in [1.29, 1.82) is 0 Å². The summed E-state index contributed by atoms with van der Waals surface area (Å²) in [5.41, 5.74) is 7.64. The molecule has 0 saturated heterocycles. The van der Waals surface area contributed by atoms with E-state index >= 15 is 0 Å². The third-order valence-corrected chi connectivity index (χ3v) is 3.16. The summed E-state index contributed by atoms with van der Waals surface area (Å²) < 4.78 is 4.52. The van der Waals surface area contributed by atoms with Crippen LogP contribution >= 0.6 is 0 Å². The smallest absolute Gasteiger partial charge is 0.411 e. The minimum Gasteiger partial charge on any atom is -0.453 e. The molecule has 98 valence electrons. The third kappa shape index (κ3) is 3.37. The number of carbonyl (C=O) groups is 1. The molecule has 2 unspecified atom stereocenters. The molecule has 5 nitrogen and oxygen atoms in total. The van der Waals surface area contributed by atoms with Gasteiger partial charge in [0.2, 0.25) is 0 Å². The molecule has 1 amide bonds. The maximum atomic E-state index is 11.0. The number of amides is 1. The van der Waals surface area contributed by atoms with Crippen molar-refractivity contribution in [2.45, 2.75) is 31.3 Å². The molecule has 1 aliphatic rings. The van der Waals surface area contributed by atoms with E-state index in [0.29, 0.717) is 12.1 Å². The first-order valence-corrected chi connectivity index (χ1v) is 6.14. The fraction of sp³-hybridized carbons (Fsp3) is 0.462. The molecular formula is C13H19N3O2. The van der Waals surface area contributed by atoms with E-state index in [1.807, 2.05) is 24.3 Å². The maximum Gasteiger partial charge on any atom is 0.411 e. The lowest BCUT2D eigenvalue weighted by Gasteiger charge is -2.14. The number of rotatable bonds is 3. The van der Waals surface area contributed by atoms with Crippen LogP contribution in [0.2, 0.25) is 0 Å². The molecule has 1 saturated carbocycles. The highest BCUT2D eigenvalue weighted by Gasteiger charge is 2.21. The van der Waals surface area contributed by atoms with Gasteiger partial charge in [0, 0.05) is 23.5 Å². The number of benzene rings is 1. The van der Waals surface area contributed by atoms with Gasteiger partial charge in [0.1, 0.15) is 0 Å². The van der Waals surface area contributed by atoms with Gasteiger partial charge in [-0.25, -0.2) is 4.79 Å². The van der Waals surface area contributed by atoms with E-state index in [9.17, 15) is 4.79 Å². The van der Waals surface area contributed by atoms with Gasteiger partial charge in [-0.15, -0.1) is 0 Å². The largest absolute Gasteiger partial charge is 0.453 e. The summed E-state index contributed by atoms with van der Waals surface area (Å²) in [6.07, 6.45) is 2.75. The number of anilines is 2. The molecule has 0 spiro atoms. The fourth-order valence-electron chi connectivity index (χ4n) is 2.20. The summed E-state index contributed by atoms with van der Waals surface area (Å²) in [5, 5.41) is 6.05. The average molecular weight is 249 g/mol. The Balaban J connectivity index is 1.89. The minimum atomic E-state index is -0.461. The van der Waals surface area contributed by atoms with Gasteiger partial charge in [-0.2, -0.15) is 0 Å². The highest BCUT2D eigenvalue weighted by Crippen LogP contribution is 2.22. The normalized spacial score (nSPS) is 22.6. The van der Waals surface area contributed by atoms with Gasteiger partial charge in [-0.05, 0) is 43.5 Å². The van der Waals surface area contributed by atoms with Gasteiger partial charge < -0.3 is 15.8 Å². The third-order valence-electron chi connectivity index (χ3n) is 3.16. The van der Waals surface area contributed by atoms with Gasteiger partial charge >= 0.3 is 6.09 Å². The lowest BCUT2D eigenvalue weighted by molar-refractivity contribution is 0.187. The van der Waals surface area contributed by atoms with Gasteiger partial charge in [0.25, 0.3) is 0 Å². The molecule has 5 heteroatoms. The molecule has 18 heavy (non-hydrogen) atoms. The van der Waals surface area contributed by atoms with Gasteiger partial charge in [-0.3, -0.25) is 5.32 Å². The molecule has 0 radical (unpaired) electrons. The van der Waals surface area contributed by atoms with Crippen LogP contribution in [0.25, 0.3) is 0 Å². The summed E-state index contributed by atoms with van der Waals surface area (Å²) >= 11 is 0. The number of hydrogen-bond donors (Lipinski definition) is 3. The molecule has 0 aromatic heterocycles. The molecular weight excluding hydrogens is 230 g/mol. The van der Waals surface area contributed by atoms with Gasteiger partial charge in [-0.1, -0.05) is 0 Å². The van der Waals surface area contributed by atoms with Crippen molar-refractivity contribution in [2.75, 3.05) is 17.7 Å². The molecule has 4 N–H and O–H groups in total. The Morgan fingerprint density at radius 3 is 2.50 bits per heavy atom. The Bertz CT molecular complexity index is 405. The number of nitrogens with two attached hydrogens (primary N) is 1. The van der Waals surface area contributed by atoms with Crippen LogP contribution in [0.3, 0.4) is 0 Å². The second-order valence-corrected chi connectivity index (χ2v) is 4.61. The number of carbonyl (C=O) groups excluding carboxylic acids is 1. The lowest BCUT2D eigenvalue weighted by atomic mass is 10.2. The summed E-state index contributed by atoms with van der Waals surface area (Å²) in [6, 6.07) is 8.34. The Morgan fingerprint density at radius 1 is 1.28 bits per heavy atom. The molecule has 0 heterocycles. The van der Waals surface area contributed by atoms with Crippen LogP contribution in [-0.2, 0) is 4.74 Å². The quantitative estimate of drug-likeness (QED) is 0.767. The van der Waals surface area contributed by atoms with Crippen molar-refractivity contribution in [3.8, 4) is 0 Å². The van der Waals surface area contributed by atoms with Crippen molar-refractivity contribution in [1.82, 2.24) is 0 Å². The molecule has 2 rings (SSSR count). The topological polar surface area (TPSA) is 76.4 Å². The number of hydrogen-bond acceptors (Lipinski definition) is 4. The van der Waals surface area contributed by atoms with E-state index < -0.39 is 6.09 Å². The van der Waals surface area contributed by atoms with E-state index in [1.165, 1.54) is 7.11 Å². The van der Waals surface area contributed by atoms with E-state index in [1.54, 1.807) is 0 Å². The van der Waals surface area contributed by atoms with Gasteiger partial charge in [0.15, 0.2) is 0 Å². The predicted molar refractivity (Wildman–Crippen MR) is 71.7 cm³/mol. The summed E-state index contributed by atoms with van der Waals surface area (Å²) in [5.74, 6) is 0. The van der Waals surface area contributed by atoms with Crippen LogP contribution in [0.1, 0.15) is 19.3 Å². The predicted octanol–water partition coefficient (Wildman–Crippen LogP) is 2.16. The van der Waals surface area contributed by atoms with Crippen LogP contribution in [0.15, 0.2) is 24.3 Å². The highest BCUT2D eigenvalue weighted by molar-refractivity contribution is 5.84. The zero-order valence-corrected chi connectivity index (χ0v) is 10.5. The molecule has 1 fully saturated rings. The zero-order valence-electron chi connectivity index (χ0n) is 10.5. The minimum absolute atomic E-state index is 0.322. The standard InChI is InChI=1S/C13H19N3O2/c1-18-13(17)16-11-6-4-10(5-7-11)15-12-3-2-9(14)8-12/h4-7,9,12,15H,2-3,8,14H2,1H3,(H,16,17). The van der Waals surface area contributed by atoms with E-state index in [2.05, 4.69) is 15.4 Å². The summed E-state index contributed by atoms with van der Waals surface area (Å²) in [7, 11) is 1.34. The first kappa shape index (κ1) is 12.7. The lowest BCUT2D eigenvalue weighted by Crippen LogP contribution is -2.20. The molecule has 1 aromatic carbocycles. The average Bonchev–Trinajstić information content (AvgIpc) is 2.77. The van der Waals surface area contributed by atoms with Crippen LogP contribution < -0.4 is 16.4 Å². The Kier molecular flexibility index (Phi) is 4.04. The molecule has 0 aliphatic heterocycles. The summed E-state index contributed by atoms with van der Waals surface area (Å²) in [6.45, 7) is 0. The Hall–Kier alpha value is -1.75. The van der Waals surface area contributed by atoms with Crippen LogP contribution in [0.4, 0.5) is 16.2 Å². The number of nitrogens with one attached hydrogen (secondary N) is 2. The SMILES string of the molecule is COC(=O)Nc1ccc(NC2CCC(N)C2)cc1. The number of ether oxygens (including phenoxy) is 1. The second kappa shape index (κ2) is 5.73. The fourth-order valence-corrected chi connectivity index (χ4v) is 2.20. The van der Waals surface area contributed by atoms with Crippen LogP contribution in [-0.4, -0.2) is 25.3 Å². The zero-order chi connectivity index (χ0) is 13.0. The first-order chi connectivity index (χ1) is 8.67. The van der Waals surface area contributed by atoms with E-state index in [4.69, 9.17) is 5.73 Å².